The fourth-order valence-electron chi connectivity index (χ4n) is 1.40. The Hall–Kier alpha value is -2.04. The van der Waals surface area contributed by atoms with Gasteiger partial charge in [0, 0.05) is 18.7 Å². The van der Waals surface area contributed by atoms with Gasteiger partial charge >= 0.3 is 5.97 Å². The summed E-state index contributed by atoms with van der Waals surface area (Å²) in [6.45, 7) is 0.670. The SMILES string of the molecule is Cc1cc([N+](=O)[O-])ccc1S(=O)(=O)NCC(O)C(=O)O. The van der Waals surface area contributed by atoms with Gasteiger partial charge in [-0.15, -0.1) is 0 Å². The number of sulfonamides is 1. The van der Waals surface area contributed by atoms with E-state index in [0.29, 0.717) is 0 Å². The van der Waals surface area contributed by atoms with Crippen molar-refractivity contribution in [2.24, 2.45) is 0 Å². The number of benzene rings is 1. The van der Waals surface area contributed by atoms with Gasteiger partial charge in [0.2, 0.25) is 10.0 Å². The molecule has 0 aromatic heterocycles. The van der Waals surface area contributed by atoms with Gasteiger partial charge in [0.25, 0.3) is 5.69 Å². The molecule has 0 fully saturated rings. The predicted octanol–water partition coefficient (Wildman–Crippen LogP) is -0.373. The van der Waals surface area contributed by atoms with Gasteiger partial charge in [0.05, 0.1) is 9.82 Å². The summed E-state index contributed by atoms with van der Waals surface area (Å²) in [5.74, 6) is -1.56. The number of carboxylic acid groups (broad SMARTS) is 1. The average molecular weight is 304 g/mol. The van der Waals surface area contributed by atoms with Crippen molar-refractivity contribution >= 4 is 21.7 Å². The van der Waals surface area contributed by atoms with Crippen LogP contribution in [0.4, 0.5) is 5.69 Å². The monoisotopic (exact) mass is 304 g/mol. The van der Waals surface area contributed by atoms with Crippen LogP contribution in [-0.4, -0.2) is 42.2 Å². The summed E-state index contributed by atoms with van der Waals surface area (Å²) in [5.41, 5.74) is -0.122. The van der Waals surface area contributed by atoms with Gasteiger partial charge in [-0.2, -0.15) is 0 Å². The van der Waals surface area contributed by atoms with Gasteiger partial charge in [0.15, 0.2) is 6.10 Å². The first kappa shape index (κ1) is 16.0. The first-order chi connectivity index (χ1) is 9.15. The molecule has 0 heterocycles. The Balaban J connectivity index is 2.99. The van der Waals surface area contributed by atoms with E-state index in [-0.39, 0.29) is 16.1 Å². The standard InChI is InChI=1S/C10H12N2O7S/c1-6-4-7(12(16)17)2-3-9(6)20(18,19)11-5-8(13)10(14)15/h2-4,8,11,13H,5H2,1H3,(H,14,15). The molecule has 0 amide bonds. The van der Waals surface area contributed by atoms with Crippen molar-refractivity contribution in [1.29, 1.82) is 0 Å². The van der Waals surface area contributed by atoms with E-state index in [1.54, 1.807) is 0 Å². The molecular weight excluding hydrogens is 292 g/mol. The van der Waals surface area contributed by atoms with Gasteiger partial charge in [-0.3, -0.25) is 10.1 Å². The Morgan fingerprint density at radius 2 is 2.10 bits per heavy atom. The number of hydrogen-bond donors (Lipinski definition) is 3. The van der Waals surface area contributed by atoms with E-state index < -0.39 is 33.6 Å². The van der Waals surface area contributed by atoms with E-state index >= 15 is 0 Å². The largest absolute Gasteiger partial charge is 0.479 e. The van der Waals surface area contributed by atoms with Crippen molar-refractivity contribution in [3.05, 3.63) is 33.9 Å². The van der Waals surface area contributed by atoms with E-state index in [9.17, 15) is 23.3 Å². The van der Waals surface area contributed by atoms with Crippen molar-refractivity contribution in [2.45, 2.75) is 17.9 Å². The zero-order chi connectivity index (χ0) is 15.5. The molecule has 0 radical (unpaired) electrons. The summed E-state index contributed by atoms with van der Waals surface area (Å²) < 4.78 is 25.7. The lowest BCUT2D eigenvalue weighted by molar-refractivity contribution is -0.385. The molecule has 0 saturated carbocycles. The highest BCUT2D eigenvalue weighted by Gasteiger charge is 2.22. The van der Waals surface area contributed by atoms with E-state index in [1.807, 2.05) is 4.72 Å². The maximum atomic E-state index is 11.9. The zero-order valence-corrected chi connectivity index (χ0v) is 11.1. The third-order valence-corrected chi connectivity index (χ3v) is 3.99. The van der Waals surface area contributed by atoms with Crippen molar-refractivity contribution in [1.82, 2.24) is 4.72 Å². The third kappa shape index (κ3) is 3.73. The van der Waals surface area contributed by atoms with Crippen molar-refractivity contribution in [3.63, 3.8) is 0 Å². The zero-order valence-electron chi connectivity index (χ0n) is 10.3. The molecule has 0 aliphatic heterocycles. The number of non-ortho nitro benzene ring substituents is 1. The molecule has 0 saturated heterocycles. The first-order valence-electron chi connectivity index (χ1n) is 5.30. The highest BCUT2D eigenvalue weighted by molar-refractivity contribution is 7.89. The Bertz CT molecular complexity index is 641. The topological polar surface area (TPSA) is 147 Å². The second-order valence-electron chi connectivity index (χ2n) is 3.91. The van der Waals surface area contributed by atoms with E-state index in [1.165, 1.54) is 6.92 Å². The number of rotatable bonds is 6. The minimum Gasteiger partial charge on any atom is -0.479 e. The molecule has 0 bridgehead atoms. The number of carboxylic acids is 1. The fraction of sp³-hybridized carbons (Fsp3) is 0.300. The lowest BCUT2D eigenvalue weighted by Crippen LogP contribution is -2.36. The Morgan fingerprint density at radius 3 is 2.55 bits per heavy atom. The Labute approximate surface area is 114 Å². The quantitative estimate of drug-likeness (QED) is 0.479. The molecule has 0 aliphatic carbocycles. The lowest BCUT2D eigenvalue weighted by atomic mass is 10.2. The summed E-state index contributed by atoms with van der Waals surface area (Å²) >= 11 is 0. The summed E-state index contributed by atoms with van der Waals surface area (Å²) in [7, 11) is -4.06. The number of aliphatic hydroxyl groups excluding tert-OH is 1. The highest BCUT2D eigenvalue weighted by Crippen LogP contribution is 2.20. The molecule has 3 N–H and O–H groups in total. The molecule has 1 aromatic rings. The van der Waals surface area contributed by atoms with Gasteiger partial charge in [0.1, 0.15) is 0 Å². The highest BCUT2D eigenvalue weighted by atomic mass is 32.2. The summed E-state index contributed by atoms with van der Waals surface area (Å²) in [6.07, 6.45) is -1.87. The minimum absolute atomic E-state index is 0.136. The number of carbonyl (C=O) groups is 1. The minimum atomic E-state index is -4.06. The molecular formula is C10H12N2O7S. The van der Waals surface area contributed by atoms with Gasteiger partial charge in [-0.05, 0) is 18.6 Å². The second kappa shape index (κ2) is 5.94. The van der Waals surface area contributed by atoms with E-state index in [2.05, 4.69) is 0 Å². The molecule has 9 nitrogen and oxygen atoms in total. The van der Waals surface area contributed by atoms with Crippen LogP contribution in [0.25, 0.3) is 0 Å². The maximum Gasteiger partial charge on any atom is 0.333 e. The van der Waals surface area contributed by atoms with Crippen LogP contribution in [0.1, 0.15) is 5.56 Å². The summed E-state index contributed by atoms with van der Waals surface area (Å²) in [4.78, 5) is 20.0. The number of nitrogens with one attached hydrogen (secondary N) is 1. The van der Waals surface area contributed by atoms with Crippen molar-refractivity contribution in [2.75, 3.05) is 6.54 Å². The number of nitrogens with zero attached hydrogens (tertiary/aromatic N) is 1. The van der Waals surface area contributed by atoms with Crippen molar-refractivity contribution in [3.8, 4) is 0 Å². The lowest BCUT2D eigenvalue weighted by Gasteiger charge is -2.10. The fourth-order valence-corrected chi connectivity index (χ4v) is 2.67. The Kier molecular flexibility index (Phi) is 4.76. The van der Waals surface area contributed by atoms with Crippen LogP contribution >= 0.6 is 0 Å². The molecule has 20 heavy (non-hydrogen) atoms. The number of hydrogen-bond acceptors (Lipinski definition) is 6. The van der Waals surface area contributed by atoms with E-state index in [0.717, 1.165) is 18.2 Å². The number of aliphatic carboxylic acids is 1. The van der Waals surface area contributed by atoms with Gasteiger partial charge in [-0.25, -0.2) is 17.9 Å². The predicted molar refractivity (Wildman–Crippen MR) is 66.7 cm³/mol. The molecule has 0 aliphatic rings. The summed E-state index contributed by atoms with van der Waals surface area (Å²) in [5, 5.41) is 28.0. The normalized spacial score (nSPS) is 12.9. The van der Waals surface area contributed by atoms with Crippen LogP contribution in [0.3, 0.4) is 0 Å². The van der Waals surface area contributed by atoms with Crippen LogP contribution < -0.4 is 4.72 Å². The molecule has 0 spiro atoms. The number of aryl methyl sites for hydroxylation is 1. The second-order valence-corrected chi connectivity index (χ2v) is 5.65. The smallest absolute Gasteiger partial charge is 0.333 e. The maximum absolute atomic E-state index is 11.9. The Morgan fingerprint density at radius 1 is 1.50 bits per heavy atom. The summed E-state index contributed by atoms with van der Waals surface area (Å²) in [6, 6.07) is 3.15. The third-order valence-electron chi connectivity index (χ3n) is 2.41. The van der Waals surface area contributed by atoms with Crippen LogP contribution in [0.2, 0.25) is 0 Å². The van der Waals surface area contributed by atoms with Crippen molar-refractivity contribution < 1.29 is 28.3 Å². The molecule has 1 rings (SSSR count). The molecule has 110 valence electrons. The van der Waals surface area contributed by atoms with Crippen LogP contribution in [0.15, 0.2) is 23.1 Å². The number of nitro benzene ring substituents is 1. The number of nitro groups is 1. The van der Waals surface area contributed by atoms with Crippen LogP contribution in [-0.2, 0) is 14.8 Å². The van der Waals surface area contributed by atoms with Crippen LogP contribution in [0.5, 0.6) is 0 Å². The average Bonchev–Trinajstić information content (AvgIpc) is 2.35. The van der Waals surface area contributed by atoms with Crippen LogP contribution in [0, 0.1) is 17.0 Å². The molecule has 1 aromatic carbocycles. The van der Waals surface area contributed by atoms with Gasteiger partial charge < -0.3 is 10.2 Å². The first-order valence-corrected chi connectivity index (χ1v) is 6.79. The molecule has 1 atom stereocenters. The number of aliphatic hydroxyl groups is 1. The molecule has 10 heteroatoms. The van der Waals surface area contributed by atoms with E-state index in [4.69, 9.17) is 10.2 Å². The van der Waals surface area contributed by atoms with Gasteiger partial charge in [-0.1, -0.05) is 0 Å². The molecule has 1 unspecified atom stereocenters.